The average molecular weight is 979 g/mol. The van der Waals surface area contributed by atoms with Crippen molar-refractivity contribution < 1.29 is 0 Å². The van der Waals surface area contributed by atoms with E-state index < -0.39 is 5.41 Å². The topological polar surface area (TPSA) is 6.48 Å². The number of anilines is 6. The van der Waals surface area contributed by atoms with E-state index in [0.29, 0.717) is 0 Å². The zero-order valence-electron chi connectivity index (χ0n) is 42.3. The first-order valence-electron chi connectivity index (χ1n) is 26.7. The molecule has 15 rings (SSSR count). The fourth-order valence-electron chi connectivity index (χ4n) is 12.9. The number of rotatable bonds is 9. The molecule has 360 valence electrons. The predicted molar refractivity (Wildman–Crippen MR) is 323 cm³/mol. The van der Waals surface area contributed by atoms with E-state index in [4.69, 9.17) is 0 Å². The molecule has 2 aliphatic rings. The van der Waals surface area contributed by atoms with Crippen molar-refractivity contribution in [3.8, 4) is 55.6 Å². The van der Waals surface area contributed by atoms with E-state index in [1.807, 2.05) is 0 Å². The number of hydrogen-bond donors (Lipinski definition) is 0. The van der Waals surface area contributed by atoms with Gasteiger partial charge in [0, 0.05) is 33.6 Å². The Bertz CT molecular complexity index is 4370. The molecular formula is C75H50N2. The lowest BCUT2D eigenvalue weighted by atomic mass is 9.70. The van der Waals surface area contributed by atoms with Gasteiger partial charge in [0.15, 0.2) is 0 Å². The van der Waals surface area contributed by atoms with Gasteiger partial charge in [0.2, 0.25) is 0 Å². The Labute approximate surface area is 449 Å². The standard InChI is InChI=1S/C75H50N2/c1-4-21-51(22-5-1)52-39-41-55(42-40-52)67-47-56-26-10-11-27-57(56)48-74(67)76(58-29-8-3-9-30-58)59-43-45-65-63-33-14-17-35-68(63)75(70(65)49-59)69-36-18-15-34-64(69)66-46-44-60(50-71(66)75)77(73-38-20-28-54-25-12-13-31-62(54)73)72-37-19-16-32-61(72)53-23-6-2-7-24-53/h1-50H. The van der Waals surface area contributed by atoms with E-state index in [2.05, 4.69) is 313 Å². The highest BCUT2D eigenvalue weighted by Gasteiger charge is 2.52. The maximum Gasteiger partial charge on any atom is 0.0727 e. The van der Waals surface area contributed by atoms with Gasteiger partial charge in [-0.05, 0) is 144 Å². The van der Waals surface area contributed by atoms with Gasteiger partial charge in [0.25, 0.3) is 0 Å². The molecule has 0 saturated heterocycles. The van der Waals surface area contributed by atoms with Gasteiger partial charge in [-0.3, -0.25) is 0 Å². The summed E-state index contributed by atoms with van der Waals surface area (Å²) in [7, 11) is 0. The zero-order valence-corrected chi connectivity index (χ0v) is 42.3. The molecule has 1 unspecified atom stereocenters. The van der Waals surface area contributed by atoms with Crippen LogP contribution in [0.3, 0.4) is 0 Å². The van der Waals surface area contributed by atoms with E-state index in [0.717, 1.165) is 45.3 Å². The molecular weight excluding hydrogens is 929 g/mol. The van der Waals surface area contributed by atoms with Crippen LogP contribution in [0.15, 0.2) is 303 Å². The highest BCUT2D eigenvalue weighted by Crippen LogP contribution is 2.64. The number of para-hydroxylation sites is 2. The lowest BCUT2D eigenvalue weighted by molar-refractivity contribution is 0.793. The van der Waals surface area contributed by atoms with Gasteiger partial charge in [-0.15, -0.1) is 0 Å². The number of fused-ring (bicyclic) bond motifs is 12. The van der Waals surface area contributed by atoms with Crippen LogP contribution in [0.2, 0.25) is 0 Å². The van der Waals surface area contributed by atoms with Crippen LogP contribution in [0.25, 0.3) is 77.2 Å². The van der Waals surface area contributed by atoms with Crippen LogP contribution in [0.5, 0.6) is 0 Å². The van der Waals surface area contributed by atoms with Crippen LogP contribution in [-0.4, -0.2) is 0 Å². The number of nitrogens with zero attached hydrogens (tertiary/aromatic N) is 2. The molecule has 0 heterocycles. The van der Waals surface area contributed by atoms with Crippen LogP contribution in [0.1, 0.15) is 22.3 Å². The van der Waals surface area contributed by atoms with E-state index in [9.17, 15) is 0 Å². The lowest BCUT2D eigenvalue weighted by Crippen LogP contribution is -2.26. The van der Waals surface area contributed by atoms with E-state index in [-0.39, 0.29) is 0 Å². The fraction of sp³-hybridized carbons (Fsp3) is 0.0133. The third-order valence-corrected chi connectivity index (χ3v) is 16.2. The normalized spacial score (nSPS) is 13.8. The molecule has 2 heteroatoms. The summed E-state index contributed by atoms with van der Waals surface area (Å²) in [6.07, 6.45) is 0. The Kier molecular flexibility index (Phi) is 10.5. The maximum absolute atomic E-state index is 2.52. The lowest BCUT2D eigenvalue weighted by Gasteiger charge is -2.34. The van der Waals surface area contributed by atoms with Crippen LogP contribution in [-0.2, 0) is 5.41 Å². The molecule has 13 aromatic rings. The second kappa shape index (κ2) is 18.1. The Balaban J connectivity index is 0.977. The summed E-state index contributed by atoms with van der Waals surface area (Å²) >= 11 is 0. The van der Waals surface area contributed by atoms with Crippen molar-refractivity contribution in [2.75, 3.05) is 9.80 Å². The fourth-order valence-corrected chi connectivity index (χ4v) is 12.9. The van der Waals surface area contributed by atoms with E-state index in [1.165, 1.54) is 88.3 Å². The third kappa shape index (κ3) is 7.10. The van der Waals surface area contributed by atoms with Crippen LogP contribution in [0, 0.1) is 0 Å². The molecule has 2 aliphatic carbocycles. The molecule has 0 radical (unpaired) electrons. The minimum atomic E-state index is -0.644. The molecule has 2 nitrogen and oxygen atoms in total. The van der Waals surface area contributed by atoms with Gasteiger partial charge in [0.1, 0.15) is 0 Å². The first-order chi connectivity index (χ1) is 38.2. The molecule has 77 heavy (non-hydrogen) atoms. The third-order valence-electron chi connectivity index (χ3n) is 16.2. The highest BCUT2D eigenvalue weighted by atomic mass is 15.2. The Morgan fingerprint density at radius 1 is 0.208 bits per heavy atom. The van der Waals surface area contributed by atoms with Gasteiger partial charge >= 0.3 is 0 Å². The molecule has 0 saturated carbocycles. The van der Waals surface area contributed by atoms with Crippen molar-refractivity contribution in [2.45, 2.75) is 5.41 Å². The molecule has 0 N–H and O–H groups in total. The average Bonchev–Trinajstić information content (AvgIpc) is 3.63. The quantitative estimate of drug-likeness (QED) is 0.142. The van der Waals surface area contributed by atoms with Crippen LogP contribution < -0.4 is 9.80 Å². The Morgan fingerprint density at radius 3 is 1.31 bits per heavy atom. The number of hydrogen-bond acceptors (Lipinski definition) is 2. The van der Waals surface area contributed by atoms with Crippen molar-refractivity contribution in [3.63, 3.8) is 0 Å². The zero-order chi connectivity index (χ0) is 50.9. The minimum absolute atomic E-state index is 0.644. The summed E-state index contributed by atoms with van der Waals surface area (Å²) in [5.41, 5.74) is 23.2. The summed E-state index contributed by atoms with van der Waals surface area (Å²) in [4.78, 5) is 5.00. The van der Waals surface area contributed by atoms with Gasteiger partial charge in [-0.25, -0.2) is 0 Å². The van der Waals surface area contributed by atoms with Crippen molar-refractivity contribution in [3.05, 3.63) is 326 Å². The second-order valence-electron chi connectivity index (χ2n) is 20.3. The summed E-state index contributed by atoms with van der Waals surface area (Å²) in [5.74, 6) is 0. The van der Waals surface area contributed by atoms with Gasteiger partial charge < -0.3 is 9.80 Å². The van der Waals surface area contributed by atoms with Crippen LogP contribution in [0.4, 0.5) is 34.1 Å². The van der Waals surface area contributed by atoms with Crippen molar-refractivity contribution in [1.29, 1.82) is 0 Å². The Hall–Kier alpha value is -10.0. The van der Waals surface area contributed by atoms with Gasteiger partial charge in [-0.2, -0.15) is 0 Å². The van der Waals surface area contributed by atoms with Gasteiger partial charge in [-0.1, -0.05) is 243 Å². The highest BCUT2D eigenvalue weighted by molar-refractivity contribution is 6.04. The summed E-state index contributed by atoms with van der Waals surface area (Å²) in [6.45, 7) is 0. The van der Waals surface area contributed by atoms with Crippen LogP contribution >= 0.6 is 0 Å². The predicted octanol–water partition coefficient (Wildman–Crippen LogP) is 20.3. The monoisotopic (exact) mass is 978 g/mol. The molecule has 0 bridgehead atoms. The summed E-state index contributed by atoms with van der Waals surface area (Å²) in [6, 6.07) is 112. The molecule has 0 fully saturated rings. The number of benzene rings is 13. The summed E-state index contributed by atoms with van der Waals surface area (Å²) in [5, 5.41) is 4.78. The SMILES string of the molecule is c1ccc(-c2ccc(-c3cc4ccccc4cc3N(c3ccccc3)c3ccc4c(c3)C3(c5ccccc5-4)c4ccccc4-c4ccc(N(c5ccccc5-c5ccccc5)c5cccc6ccccc56)cc43)cc2)cc1. The van der Waals surface area contributed by atoms with Crippen molar-refractivity contribution >= 4 is 55.7 Å². The maximum atomic E-state index is 2.52. The summed E-state index contributed by atoms with van der Waals surface area (Å²) < 4.78 is 0. The largest absolute Gasteiger partial charge is 0.310 e. The Morgan fingerprint density at radius 2 is 0.649 bits per heavy atom. The van der Waals surface area contributed by atoms with Crippen molar-refractivity contribution in [1.82, 2.24) is 0 Å². The molecule has 0 aliphatic heterocycles. The first-order valence-corrected chi connectivity index (χ1v) is 26.7. The second-order valence-corrected chi connectivity index (χ2v) is 20.3. The van der Waals surface area contributed by atoms with E-state index in [1.54, 1.807) is 0 Å². The molecule has 1 atom stereocenters. The molecule has 0 aromatic heterocycles. The first kappa shape index (κ1) is 44.5. The van der Waals surface area contributed by atoms with Gasteiger partial charge in [0.05, 0.1) is 22.5 Å². The molecule has 0 amide bonds. The smallest absolute Gasteiger partial charge is 0.0727 e. The van der Waals surface area contributed by atoms with Crippen molar-refractivity contribution in [2.24, 2.45) is 0 Å². The van der Waals surface area contributed by atoms with E-state index >= 15 is 0 Å². The minimum Gasteiger partial charge on any atom is -0.310 e. The molecule has 1 spiro atoms. The molecule has 13 aromatic carbocycles.